The summed E-state index contributed by atoms with van der Waals surface area (Å²) in [6.07, 6.45) is 5.12. The molecule has 2 aromatic carbocycles. The Balaban J connectivity index is 1.18. The zero-order valence-electron chi connectivity index (χ0n) is 18.3. The van der Waals surface area contributed by atoms with Gasteiger partial charge in [-0.15, -0.1) is 0 Å². The third-order valence-corrected chi connectivity index (χ3v) is 6.83. The summed E-state index contributed by atoms with van der Waals surface area (Å²) in [5.74, 6) is -0.0207. The Morgan fingerprint density at radius 1 is 0.906 bits per heavy atom. The summed E-state index contributed by atoms with van der Waals surface area (Å²) in [7, 11) is 1.69. The van der Waals surface area contributed by atoms with Crippen LogP contribution in [0.25, 0.3) is 11.3 Å². The summed E-state index contributed by atoms with van der Waals surface area (Å²) in [6.45, 7) is 4.11. The van der Waals surface area contributed by atoms with Gasteiger partial charge in [-0.1, -0.05) is 0 Å². The maximum absolute atomic E-state index is 14.1. The van der Waals surface area contributed by atoms with Gasteiger partial charge in [0, 0.05) is 49.7 Å². The van der Waals surface area contributed by atoms with E-state index < -0.39 is 11.6 Å². The van der Waals surface area contributed by atoms with E-state index >= 15 is 0 Å². The summed E-state index contributed by atoms with van der Waals surface area (Å²) in [5.41, 5.74) is 1.94. The molecular weight excluding hydrogens is 410 g/mol. The summed E-state index contributed by atoms with van der Waals surface area (Å²) in [5, 5.41) is 4.58. The smallest absolute Gasteiger partial charge is 0.132 e. The number of halogens is 2. The molecule has 2 aliphatic rings. The van der Waals surface area contributed by atoms with E-state index in [1.54, 1.807) is 13.2 Å². The Kier molecular flexibility index (Phi) is 5.83. The van der Waals surface area contributed by atoms with Crippen molar-refractivity contribution in [2.24, 2.45) is 0 Å². The van der Waals surface area contributed by atoms with Crippen LogP contribution in [0.5, 0.6) is 5.75 Å². The molecule has 0 bridgehead atoms. The van der Waals surface area contributed by atoms with Crippen molar-refractivity contribution in [1.29, 1.82) is 0 Å². The maximum Gasteiger partial charge on any atom is 0.132 e. The number of benzene rings is 2. The molecule has 1 saturated carbocycles. The highest BCUT2D eigenvalue weighted by Gasteiger charge is 2.32. The molecule has 3 aromatic rings. The van der Waals surface area contributed by atoms with Crippen LogP contribution in [-0.4, -0.2) is 54.0 Å². The van der Waals surface area contributed by atoms with Gasteiger partial charge in [0.25, 0.3) is 0 Å². The van der Waals surface area contributed by atoms with Crippen molar-refractivity contribution in [1.82, 2.24) is 14.7 Å². The molecular formula is C25H28F2N4O. The molecule has 5 rings (SSSR count). The normalized spacial score (nSPS) is 21.8. The first-order valence-corrected chi connectivity index (χ1v) is 11.2. The lowest BCUT2D eigenvalue weighted by Gasteiger charge is -2.39. The highest BCUT2D eigenvalue weighted by molar-refractivity contribution is 5.59. The molecule has 0 radical (unpaired) electrons. The molecule has 0 N–H and O–H groups in total. The number of ether oxygens (including phenoxy) is 1. The largest absolute Gasteiger partial charge is 0.497 e. The van der Waals surface area contributed by atoms with E-state index in [0.717, 1.165) is 63.3 Å². The third-order valence-electron chi connectivity index (χ3n) is 6.83. The topological polar surface area (TPSA) is 33.5 Å². The Labute approximate surface area is 187 Å². The van der Waals surface area contributed by atoms with E-state index in [4.69, 9.17) is 4.74 Å². The Hall–Kier alpha value is -2.93. The van der Waals surface area contributed by atoms with Gasteiger partial charge in [-0.2, -0.15) is 5.10 Å². The molecule has 168 valence electrons. The second-order valence-corrected chi connectivity index (χ2v) is 8.65. The lowest BCUT2D eigenvalue weighted by Crippen LogP contribution is -2.49. The van der Waals surface area contributed by atoms with Gasteiger partial charge in [-0.25, -0.2) is 8.78 Å². The van der Waals surface area contributed by atoms with Crippen molar-refractivity contribution in [3.8, 4) is 17.0 Å². The van der Waals surface area contributed by atoms with Gasteiger partial charge in [0.05, 0.1) is 18.8 Å². The average molecular weight is 439 g/mol. The summed E-state index contributed by atoms with van der Waals surface area (Å²) in [6, 6.07) is 14.4. The van der Waals surface area contributed by atoms with Crippen LogP contribution in [0, 0.1) is 11.6 Å². The lowest BCUT2D eigenvalue weighted by molar-refractivity contribution is 0.183. The maximum atomic E-state index is 14.1. The molecule has 0 amide bonds. The minimum Gasteiger partial charge on any atom is -0.497 e. The fourth-order valence-electron chi connectivity index (χ4n) is 5.02. The van der Waals surface area contributed by atoms with Crippen molar-refractivity contribution in [2.45, 2.75) is 31.3 Å². The van der Waals surface area contributed by atoms with Crippen molar-refractivity contribution in [2.75, 3.05) is 38.2 Å². The summed E-state index contributed by atoms with van der Waals surface area (Å²) >= 11 is 0. The van der Waals surface area contributed by atoms with Crippen LogP contribution in [0.2, 0.25) is 0 Å². The van der Waals surface area contributed by atoms with E-state index in [2.05, 4.69) is 27.0 Å². The predicted octanol–water partition coefficient (Wildman–Crippen LogP) is 4.75. The highest BCUT2D eigenvalue weighted by atomic mass is 19.1. The first-order valence-electron chi connectivity index (χ1n) is 11.2. The number of aromatic nitrogens is 2. The number of nitrogens with zero attached hydrogens (tertiary/aromatic N) is 4. The van der Waals surface area contributed by atoms with Crippen LogP contribution in [0.1, 0.15) is 25.3 Å². The molecule has 1 aliphatic carbocycles. The molecule has 2 unspecified atom stereocenters. The number of methoxy groups -OCH3 is 1. The van der Waals surface area contributed by atoms with Crippen LogP contribution in [-0.2, 0) is 0 Å². The number of anilines is 1. The fraction of sp³-hybridized carbons (Fsp3) is 0.400. The van der Waals surface area contributed by atoms with E-state index in [-0.39, 0.29) is 5.56 Å². The molecule has 1 aliphatic heterocycles. The van der Waals surface area contributed by atoms with Gasteiger partial charge in [-0.05, 0) is 67.8 Å². The molecule has 0 spiro atoms. The van der Waals surface area contributed by atoms with Crippen LogP contribution >= 0.6 is 0 Å². The third kappa shape index (κ3) is 4.21. The molecule has 5 nitrogen and oxygen atoms in total. The lowest BCUT2D eigenvalue weighted by atomic mass is 10.1. The van der Waals surface area contributed by atoms with Crippen molar-refractivity contribution in [3.63, 3.8) is 0 Å². The summed E-state index contributed by atoms with van der Waals surface area (Å²) < 4.78 is 34.9. The average Bonchev–Trinajstić information content (AvgIpc) is 3.51. The van der Waals surface area contributed by atoms with E-state index in [0.29, 0.717) is 17.8 Å². The number of hydrogen-bond acceptors (Lipinski definition) is 4. The van der Waals surface area contributed by atoms with E-state index in [1.165, 1.54) is 11.8 Å². The number of hydrogen-bond donors (Lipinski definition) is 0. The number of piperazine rings is 1. The predicted molar refractivity (Wildman–Crippen MR) is 121 cm³/mol. The molecule has 2 fully saturated rings. The quantitative estimate of drug-likeness (QED) is 0.576. The standard InChI is InChI=1S/C25H28F2N4O/c1-32-22-7-5-19(6-8-22)29-12-14-30(15-13-29)20-3-4-21(17-20)31-11-10-25(28-31)23-16-18(26)2-9-24(23)27/h2,5-11,16,20-21H,3-4,12-15,17H2,1H3. The molecule has 1 saturated heterocycles. The minimum atomic E-state index is -0.453. The van der Waals surface area contributed by atoms with Crippen molar-refractivity contribution < 1.29 is 13.5 Å². The van der Waals surface area contributed by atoms with Gasteiger partial charge < -0.3 is 9.64 Å². The van der Waals surface area contributed by atoms with Gasteiger partial charge >= 0.3 is 0 Å². The molecule has 7 heteroatoms. The first-order chi connectivity index (χ1) is 15.6. The van der Waals surface area contributed by atoms with Crippen LogP contribution in [0.4, 0.5) is 14.5 Å². The molecule has 32 heavy (non-hydrogen) atoms. The highest BCUT2D eigenvalue weighted by Crippen LogP contribution is 2.34. The van der Waals surface area contributed by atoms with Crippen LogP contribution in [0.3, 0.4) is 0 Å². The second-order valence-electron chi connectivity index (χ2n) is 8.65. The van der Waals surface area contributed by atoms with E-state index in [1.807, 2.05) is 23.0 Å². The van der Waals surface area contributed by atoms with Gasteiger partial charge in [0.1, 0.15) is 17.4 Å². The Bertz CT molecular complexity index is 1060. The van der Waals surface area contributed by atoms with Gasteiger partial charge in [-0.3, -0.25) is 9.58 Å². The van der Waals surface area contributed by atoms with Crippen molar-refractivity contribution >= 4 is 5.69 Å². The fourth-order valence-corrected chi connectivity index (χ4v) is 5.02. The monoisotopic (exact) mass is 438 g/mol. The zero-order chi connectivity index (χ0) is 22.1. The Morgan fingerprint density at radius 2 is 1.66 bits per heavy atom. The number of rotatable bonds is 5. The molecule has 1 aromatic heterocycles. The first kappa shape index (κ1) is 20.9. The minimum absolute atomic E-state index is 0.216. The molecule has 2 heterocycles. The zero-order valence-corrected chi connectivity index (χ0v) is 18.3. The second kappa shape index (κ2) is 8.90. The van der Waals surface area contributed by atoms with E-state index in [9.17, 15) is 8.78 Å². The van der Waals surface area contributed by atoms with Crippen LogP contribution < -0.4 is 9.64 Å². The summed E-state index contributed by atoms with van der Waals surface area (Å²) in [4.78, 5) is 5.02. The Morgan fingerprint density at radius 3 is 2.41 bits per heavy atom. The van der Waals surface area contributed by atoms with Gasteiger partial charge in [0.15, 0.2) is 0 Å². The van der Waals surface area contributed by atoms with Crippen molar-refractivity contribution in [3.05, 3.63) is 66.4 Å². The van der Waals surface area contributed by atoms with Crippen LogP contribution in [0.15, 0.2) is 54.7 Å². The SMILES string of the molecule is COc1ccc(N2CCN(C3CCC(n4ccc(-c5cc(F)ccc5F)n4)C3)CC2)cc1. The van der Waals surface area contributed by atoms with Gasteiger partial charge in [0.2, 0.25) is 0 Å². The molecule has 2 atom stereocenters.